The van der Waals surface area contributed by atoms with Crippen molar-refractivity contribution in [2.45, 2.75) is 24.6 Å². The normalized spacial score (nSPS) is 11.5. The number of aromatic nitrogens is 4. The van der Waals surface area contributed by atoms with Crippen molar-refractivity contribution in [1.82, 2.24) is 19.7 Å². The Morgan fingerprint density at radius 2 is 2.04 bits per heavy atom. The van der Waals surface area contributed by atoms with Crippen molar-refractivity contribution >= 4 is 33.8 Å². The van der Waals surface area contributed by atoms with Crippen LogP contribution >= 0.6 is 11.8 Å². The lowest BCUT2D eigenvalue weighted by Crippen LogP contribution is -2.01. The van der Waals surface area contributed by atoms with Crippen LogP contribution in [0.5, 0.6) is 0 Å². The van der Waals surface area contributed by atoms with E-state index in [0.717, 1.165) is 38.1 Å². The minimum absolute atomic E-state index is 0.328. The van der Waals surface area contributed by atoms with Crippen molar-refractivity contribution in [2.75, 3.05) is 0 Å². The van der Waals surface area contributed by atoms with Crippen LogP contribution in [-0.4, -0.2) is 19.7 Å². The van der Waals surface area contributed by atoms with Crippen LogP contribution in [0.1, 0.15) is 16.7 Å². The summed E-state index contributed by atoms with van der Waals surface area (Å²) < 4.78 is 7.16. The molecule has 0 N–H and O–H groups in total. The Morgan fingerprint density at radius 3 is 2.88 bits per heavy atom. The number of fused-ring (bicyclic) bond motifs is 2. The largest absolute Gasteiger partial charge is 0.422 e. The Labute approximate surface area is 147 Å². The smallest absolute Gasteiger partial charge is 0.336 e. The van der Waals surface area contributed by atoms with Gasteiger partial charge in [0.05, 0.1) is 11.6 Å². The molecule has 4 rings (SSSR count). The molecule has 0 aliphatic rings. The van der Waals surface area contributed by atoms with Crippen LogP contribution in [0.2, 0.25) is 0 Å². The highest BCUT2D eigenvalue weighted by molar-refractivity contribution is 7.98. The van der Waals surface area contributed by atoms with Gasteiger partial charge in [-0.2, -0.15) is 5.10 Å². The van der Waals surface area contributed by atoms with Crippen molar-refractivity contribution in [2.24, 2.45) is 7.05 Å². The highest BCUT2D eigenvalue weighted by Crippen LogP contribution is 2.30. The predicted molar refractivity (Wildman–Crippen MR) is 97.8 cm³/mol. The molecule has 0 fully saturated rings. The van der Waals surface area contributed by atoms with Gasteiger partial charge in [0, 0.05) is 24.3 Å². The maximum atomic E-state index is 12.0. The van der Waals surface area contributed by atoms with Crippen LogP contribution in [0.15, 0.2) is 45.0 Å². The fourth-order valence-electron chi connectivity index (χ4n) is 2.85. The minimum Gasteiger partial charge on any atom is -0.422 e. The zero-order chi connectivity index (χ0) is 17.6. The molecule has 0 radical (unpaired) electrons. The van der Waals surface area contributed by atoms with Gasteiger partial charge in [0.15, 0.2) is 5.65 Å². The summed E-state index contributed by atoms with van der Waals surface area (Å²) in [5, 5.41) is 6.96. The first-order valence-corrected chi connectivity index (χ1v) is 8.81. The summed E-state index contributed by atoms with van der Waals surface area (Å²) in [6, 6.07) is 5.62. The summed E-state index contributed by atoms with van der Waals surface area (Å²) in [7, 11) is 1.85. The molecule has 1 aromatic carbocycles. The highest BCUT2D eigenvalue weighted by Gasteiger charge is 2.12. The van der Waals surface area contributed by atoms with Crippen LogP contribution in [0.25, 0.3) is 22.0 Å². The lowest BCUT2D eigenvalue weighted by molar-refractivity contribution is 0.557. The Balaban J connectivity index is 1.76. The summed E-state index contributed by atoms with van der Waals surface area (Å²) in [5.74, 6) is 0.617. The number of benzene rings is 1. The van der Waals surface area contributed by atoms with E-state index in [1.807, 2.05) is 27.0 Å². The molecule has 0 amide bonds. The lowest BCUT2D eigenvalue weighted by atomic mass is 10.0. The number of thioether (sulfide) groups is 1. The topological polar surface area (TPSA) is 73.8 Å². The first kappa shape index (κ1) is 15.8. The zero-order valence-corrected chi connectivity index (χ0v) is 14.9. The quantitative estimate of drug-likeness (QED) is 0.320. The summed E-state index contributed by atoms with van der Waals surface area (Å²) in [6.45, 7) is 3.98. The first-order chi connectivity index (χ1) is 12.0. The molecule has 0 aliphatic heterocycles. The average Bonchev–Trinajstić information content (AvgIpc) is 2.98. The molecule has 3 heterocycles. The van der Waals surface area contributed by atoms with E-state index in [-0.39, 0.29) is 5.63 Å². The number of hydrogen-bond acceptors (Lipinski definition) is 6. The van der Waals surface area contributed by atoms with Gasteiger partial charge in [-0.1, -0.05) is 12.1 Å². The number of aryl methyl sites for hydroxylation is 3. The van der Waals surface area contributed by atoms with E-state index in [1.54, 1.807) is 28.7 Å². The van der Waals surface area contributed by atoms with Crippen molar-refractivity contribution < 1.29 is 4.42 Å². The molecular formula is C18H16N4O2S. The Kier molecular flexibility index (Phi) is 3.80. The maximum Gasteiger partial charge on any atom is 0.336 e. The van der Waals surface area contributed by atoms with Crippen LogP contribution in [-0.2, 0) is 12.8 Å². The van der Waals surface area contributed by atoms with Gasteiger partial charge >= 0.3 is 5.63 Å². The zero-order valence-electron chi connectivity index (χ0n) is 14.1. The van der Waals surface area contributed by atoms with Crippen LogP contribution in [0, 0.1) is 13.8 Å². The van der Waals surface area contributed by atoms with E-state index >= 15 is 0 Å². The van der Waals surface area contributed by atoms with Gasteiger partial charge in [0.2, 0.25) is 0 Å². The van der Waals surface area contributed by atoms with Gasteiger partial charge in [-0.05, 0) is 30.5 Å². The first-order valence-electron chi connectivity index (χ1n) is 7.83. The number of nitrogens with zero attached hydrogens (tertiary/aromatic N) is 4. The molecule has 4 aromatic rings. The number of rotatable bonds is 3. The molecule has 0 saturated carbocycles. The second kappa shape index (κ2) is 6.00. The van der Waals surface area contributed by atoms with Crippen molar-refractivity contribution in [3.05, 3.63) is 57.8 Å². The SMILES string of the molecule is Cc1ccc2c(CSc3ncnc4c3cnn4C)cc(=O)oc2c1C. The van der Waals surface area contributed by atoms with Crippen LogP contribution < -0.4 is 5.63 Å². The summed E-state index contributed by atoms with van der Waals surface area (Å²) in [4.78, 5) is 20.6. The molecule has 0 atom stereocenters. The average molecular weight is 352 g/mol. The Morgan fingerprint density at radius 1 is 1.20 bits per heavy atom. The van der Waals surface area contributed by atoms with E-state index in [4.69, 9.17) is 4.42 Å². The molecule has 6 nitrogen and oxygen atoms in total. The highest BCUT2D eigenvalue weighted by atomic mass is 32.2. The van der Waals surface area contributed by atoms with Crippen molar-refractivity contribution in [3.63, 3.8) is 0 Å². The third-order valence-corrected chi connectivity index (χ3v) is 5.43. The van der Waals surface area contributed by atoms with E-state index in [0.29, 0.717) is 11.3 Å². The Hall–Kier alpha value is -2.67. The second-order valence-corrected chi connectivity index (χ2v) is 6.91. The van der Waals surface area contributed by atoms with Crippen LogP contribution in [0.3, 0.4) is 0 Å². The molecule has 3 aromatic heterocycles. The molecule has 0 unspecified atom stereocenters. The fraction of sp³-hybridized carbons (Fsp3) is 0.222. The van der Waals surface area contributed by atoms with Gasteiger partial charge in [-0.25, -0.2) is 14.8 Å². The van der Waals surface area contributed by atoms with Gasteiger partial charge in [-0.15, -0.1) is 11.8 Å². The molecule has 0 spiro atoms. The van der Waals surface area contributed by atoms with Gasteiger partial charge in [-0.3, -0.25) is 4.68 Å². The van der Waals surface area contributed by atoms with E-state index < -0.39 is 0 Å². The van der Waals surface area contributed by atoms with Crippen molar-refractivity contribution in [3.8, 4) is 0 Å². The van der Waals surface area contributed by atoms with E-state index in [9.17, 15) is 4.79 Å². The maximum absolute atomic E-state index is 12.0. The predicted octanol–water partition coefficient (Wildman–Crippen LogP) is 3.38. The van der Waals surface area contributed by atoms with Crippen LogP contribution in [0.4, 0.5) is 0 Å². The summed E-state index contributed by atoms with van der Waals surface area (Å²) in [5.41, 5.74) is 4.17. The lowest BCUT2D eigenvalue weighted by Gasteiger charge is -2.09. The molecular weight excluding hydrogens is 336 g/mol. The second-order valence-electron chi connectivity index (χ2n) is 5.95. The molecule has 0 aliphatic carbocycles. The van der Waals surface area contributed by atoms with Gasteiger partial charge in [0.1, 0.15) is 16.9 Å². The van der Waals surface area contributed by atoms with Gasteiger partial charge in [0.25, 0.3) is 0 Å². The van der Waals surface area contributed by atoms with E-state index in [1.165, 1.54) is 6.33 Å². The monoisotopic (exact) mass is 352 g/mol. The molecule has 0 bridgehead atoms. The molecule has 7 heteroatoms. The molecule has 0 saturated heterocycles. The van der Waals surface area contributed by atoms with Gasteiger partial charge < -0.3 is 4.42 Å². The molecule has 126 valence electrons. The fourth-order valence-corrected chi connectivity index (χ4v) is 3.80. The summed E-state index contributed by atoms with van der Waals surface area (Å²) in [6.07, 6.45) is 3.31. The minimum atomic E-state index is -0.328. The molecule has 25 heavy (non-hydrogen) atoms. The Bertz CT molecular complexity index is 1160. The standard InChI is InChI=1S/C18H16N4O2S/c1-10-4-5-13-12(6-15(23)24-16(13)11(10)2)8-25-18-14-7-21-22(3)17(14)19-9-20-18/h4-7,9H,8H2,1-3H3. The third kappa shape index (κ3) is 2.70. The van der Waals surface area contributed by atoms with E-state index in [2.05, 4.69) is 21.1 Å². The summed E-state index contributed by atoms with van der Waals surface area (Å²) >= 11 is 1.56. The van der Waals surface area contributed by atoms with Crippen molar-refractivity contribution in [1.29, 1.82) is 0 Å². The number of hydrogen-bond donors (Lipinski definition) is 0. The third-order valence-electron chi connectivity index (χ3n) is 4.37.